The van der Waals surface area contributed by atoms with E-state index in [-0.39, 0.29) is 12.1 Å². The monoisotopic (exact) mass is 458 g/mol. The average Bonchev–Trinajstić information content (AvgIpc) is 3.24. The summed E-state index contributed by atoms with van der Waals surface area (Å²) in [5.74, 6) is 0.561. The van der Waals surface area contributed by atoms with Crippen LogP contribution in [-0.2, 0) is 6.54 Å². The first-order valence-corrected chi connectivity index (χ1v) is 11.1. The number of carboxylic acids is 1. The number of aromatic carboxylic acids is 1. The van der Waals surface area contributed by atoms with Crippen LogP contribution in [0.2, 0.25) is 10.0 Å². The summed E-state index contributed by atoms with van der Waals surface area (Å²) < 4.78 is 6.00. The summed E-state index contributed by atoms with van der Waals surface area (Å²) in [4.78, 5) is 11.5. The molecule has 1 aromatic heterocycles. The molecule has 0 amide bonds. The Morgan fingerprint density at radius 2 is 1.81 bits per heavy atom. The molecular formula is C24H24Cl2N2O3. The van der Waals surface area contributed by atoms with Gasteiger partial charge in [-0.05, 0) is 55.3 Å². The summed E-state index contributed by atoms with van der Waals surface area (Å²) in [7, 11) is 0. The Bertz CT molecular complexity index is 1070. The van der Waals surface area contributed by atoms with Crippen molar-refractivity contribution in [1.29, 1.82) is 0 Å². The average molecular weight is 459 g/mol. The molecule has 0 saturated heterocycles. The molecule has 3 aromatic rings. The zero-order valence-corrected chi connectivity index (χ0v) is 18.4. The van der Waals surface area contributed by atoms with E-state index in [0.29, 0.717) is 33.6 Å². The number of nitrogens with one attached hydrogen (secondary N) is 2. The van der Waals surface area contributed by atoms with Crippen molar-refractivity contribution in [1.82, 2.24) is 5.32 Å². The molecule has 31 heavy (non-hydrogen) atoms. The minimum absolute atomic E-state index is 0.144. The Labute approximate surface area is 191 Å². The number of rotatable bonds is 7. The summed E-state index contributed by atoms with van der Waals surface area (Å²) in [6.07, 6.45) is 4.24. The Morgan fingerprint density at radius 3 is 2.61 bits per heavy atom. The maximum atomic E-state index is 11.5. The lowest BCUT2D eigenvalue weighted by Gasteiger charge is -2.34. The van der Waals surface area contributed by atoms with Gasteiger partial charge in [-0.3, -0.25) is 0 Å². The van der Waals surface area contributed by atoms with Crippen molar-refractivity contribution in [3.05, 3.63) is 76.0 Å². The summed E-state index contributed by atoms with van der Waals surface area (Å²) in [5, 5.41) is 17.7. The summed E-state index contributed by atoms with van der Waals surface area (Å²) in [6.45, 7) is 0.571. The molecule has 5 nitrogen and oxygen atoms in total. The largest absolute Gasteiger partial charge is 0.478 e. The molecular weight excluding hydrogens is 435 g/mol. The number of para-hydroxylation sites is 1. The van der Waals surface area contributed by atoms with E-state index in [0.717, 1.165) is 37.0 Å². The molecule has 162 valence electrons. The second kappa shape index (κ2) is 9.77. The lowest BCUT2D eigenvalue weighted by Crippen LogP contribution is -2.46. The first-order valence-electron chi connectivity index (χ1n) is 10.4. The number of carbonyl (C=O) groups is 1. The molecule has 1 heterocycles. The van der Waals surface area contributed by atoms with Crippen LogP contribution in [0.5, 0.6) is 0 Å². The highest BCUT2D eigenvalue weighted by Crippen LogP contribution is 2.32. The second-order valence-corrected chi connectivity index (χ2v) is 8.61. The fraction of sp³-hybridized carbons (Fsp3) is 0.292. The van der Waals surface area contributed by atoms with Gasteiger partial charge >= 0.3 is 5.97 Å². The predicted molar refractivity (Wildman–Crippen MR) is 124 cm³/mol. The summed E-state index contributed by atoms with van der Waals surface area (Å²) in [5.41, 5.74) is 1.72. The number of furan rings is 1. The van der Waals surface area contributed by atoms with Crippen molar-refractivity contribution in [2.75, 3.05) is 5.32 Å². The van der Waals surface area contributed by atoms with Crippen LogP contribution in [0.3, 0.4) is 0 Å². The van der Waals surface area contributed by atoms with Gasteiger partial charge in [0.2, 0.25) is 0 Å². The van der Waals surface area contributed by atoms with Gasteiger partial charge in [0.05, 0.1) is 17.1 Å². The number of hydrogen-bond acceptors (Lipinski definition) is 4. The molecule has 0 bridgehead atoms. The minimum atomic E-state index is -0.925. The quantitative estimate of drug-likeness (QED) is 0.378. The fourth-order valence-electron chi connectivity index (χ4n) is 4.08. The van der Waals surface area contributed by atoms with E-state index in [1.54, 1.807) is 30.3 Å². The van der Waals surface area contributed by atoms with Gasteiger partial charge in [-0.15, -0.1) is 0 Å². The van der Waals surface area contributed by atoms with Crippen molar-refractivity contribution >= 4 is 34.9 Å². The van der Waals surface area contributed by atoms with Gasteiger partial charge in [0.1, 0.15) is 11.5 Å². The van der Waals surface area contributed by atoms with Gasteiger partial charge in [0, 0.05) is 28.4 Å². The first-order chi connectivity index (χ1) is 15.0. The molecule has 1 fully saturated rings. The van der Waals surface area contributed by atoms with E-state index in [1.165, 1.54) is 0 Å². The first kappa shape index (κ1) is 21.8. The van der Waals surface area contributed by atoms with Gasteiger partial charge in [-0.1, -0.05) is 48.2 Å². The molecule has 0 aliphatic heterocycles. The Morgan fingerprint density at radius 1 is 1.03 bits per heavy atom. The van der Waals surface area contributed by atoms with Crippen LogP contribution in [-0.4, -0.2) is 23.2 Å². The van der Waals surface area contributed by atoms with E-state index >= 15 is 0 Å². The zero-order chi connectivity index (χ0) is 21.8. The van der Waals surface area contributed by atoms with Crippen molar-refractivity contribution < 1.29 is 14.3 Å². The molecule has 3 N–H and O–H groups in total. The second-order valence-electron chi connectivity index (χ2n) is 7.76. The summed E-state index contributed by atoms with van der Waals surface area (Å²) in [6, 6.07) is 16.5. The van der Waals surface area contributed by atoms with E-state index in [9.17, 15) is 9.90 Å². The van der Waals surface area contributed by atoms with E-state index < -0.39 is 5.97 Å². The van der Waals surface area contributed by atoms with Gasteiger partial charge in [0.25, 0.3) is 0 Å². The maximum absolute atomic E-state index is 11.5. The summed E-state index contributed by atoms with van der Waals surface area (Å²) >= 11 is 12.4. The maximum Gasteiger partial charge on any atom is 0.337 e. The smallest absolute Gasteiger partial charge is 0.337 e. The van der Waals surface area contributed by atoms with Crippen molar-refractivity contribution in [2.24, 2.45) is 0 Å². The Balaban J connectivity index is 1.43. The van der Waals surface area contributed by atoms with E-state index in [4.69, 9.17) is 27.6 Å². The molecule has 4 rings (SSSR count). The minimum Gasteiger partial charge on any atom is -0.478 e. The highest BCUT2D eigenvalue weighted by atomic mass is 35.5. The molecule has 2 aromatic carbocycles. The third-order valence-corrected chi connectivity index (χ3v) is 6.22. The third kappa shape index (κ3) is 5.24. The standard InChI is InChI=1S/C24H24Cl2N2O3/c25-15-9-11-19(26)18(13-15)23-12-10-16(31-23)14-27-21-7-3-4-8-22(21)28-20-6-2-1-5-17(20)24(29)30/h1-2,5-6,9-13,21-22,27-28H,3-4,7-8,14H2,(H,29,30)/t21-,22-/m0/s1. The van der Waals surface area contributed by atoms with Crippen LogP contribution >= 0.6 is 23.2 Å². The number of hydrogen-bond donors (Lipinski definition) is 3. The molecule has 0 spiro atoms. The molecule has 0 radical (unpaired) electrons. The molecule has 0 unspecified atom stereocenters. The van der Waals surface area contributed by atoms with Crippen LogP contribution in [0.15, 0.2) is 59.0 Å². The number of benzene rings is 2. The number of anilines is 1. The van der Waals surface area contributed by atoms with Crippen molar-refractivity contribution in [2.45, 2.75) is 44.3 Å². The molecule has 1 aliphatic carbocycles. The number of carboxylic acid groups (broad SMARTS) is 1. The van der Waals surface area contributed by atoms with Crippen molar-refractivity contribution in [3.63, 3.8) is 0 Å². The molecule has 1 saturated carbocycles. The third-order valence-electron chi connectivity index (χ3n) is 5.66. The van der Waals surface area contributed by atoms with Crippen LogP contribution in [0.1, 0.15) is 41.8 Å². The SMILES string of the molecule is O=C(O)c1ccccc1N[C@H]1CCCC[C@@H]1NCc1ccc(-c2cc(Cl)ccc2Cl)o1. The van der Waals surface area contributed by atoms with Crippen molar-refractivity contribution in [3.8, 4) is 11.3 Å². The normalized spacial score (nSPS) is 18.6. The van der Waals surface area contributed by atoms with Gasteiger partial charge in [-0.25, -0.2) is 4.79 Å². The van der Waals surface area contributed by atoms with Crippen LogP contribution in [0.4, 0.5) is 5.69 Å². The van der Waals surface area contributed by atoms with Gasteiger partial charge in [-0.2, -0.15) is 0 Å². The zero-order valence-electron chi connectivity index (χ0n) is 16.9. The lowest BCUT2D eigenvalue weighted by atomic mass is 9.89. The molecule has 1 aliphatic rings. The Kier molecular flexibility index (Phi) is 6.86. The van der Waals surface area contributed by atoms with Crippen LogP contribution in [0, 0.1) is 0 Å². The predicted octanol–water partition coefficient (Wildman–Crippen LogP) is 6.46. The van der Waals surface area contributed by atoms with Gasteiger partial charge < -0.3 is 20.2 Å². The highest BCUT2D eigenvalue weighted by molar-refractivity contribution is 6.35. The lowest BCUT2D eigenvalue weighted by molar-refractivity contribution is 0.0698. The van der Waals surface area contributed by atoms with Crippen LogP contribution < -0.4 is 10.6 Å². The highest BCUT2D eigenvalue weighted by Gasteiger charge is 2.26. The number of halogens is 2. The molecule has 7 heteroatoms. The fourth-order valence-corrected chi connectivity index (χ4v) is 4.46. The Hall–Kier alpha value is -2.47. The van der Waals surface area contributed by atoms with Gasteiger partial charge in [0.15, 0.2) is 0 Å². The van der Waals surface area contributed by atoms with Crippen LogP contribution in [0.25, 0.3) is 11.3 Å². The van der Waals surface area contributed by atoms with E-state index in [1.807, 2.05) is 24.3 Å². The topological polar surface area (TPSA) is 74.5 Å². The molecule has 2 atom stereocenters. The van der Waals surface area contributed by atoms with E-state index in [2.05, 4.69) is 10.6 Å².